The van der Waals surface area contributed by atoms with E-state index in [9.17, 15) is 0 Å². The van der Waals surface area contributed by atoms with E-state index in [1.165, 1.54) is 165 Å². The molecular formula is C74H53BN2S6. The third-order valence-electron chi connectivity index (χ3n) is 17.4. The molecule has 0 amide bonds. The van der Waals surface area contributed by atoms with E-state index >= 15 is 0 Å². The molecule has 8 heterocycles. The molecule has 2 nitrogen and oxygen atoms in total. The number of rotatable bonds is 6. The van der Waals surface area contributed by atoms with E-state index in [0.717, 1.165) is 0 Å². The van der Waals surface area contributed by atoms with E-state index in [1.54, 1.807) is 0 Å². The van der Waals surface area contributed by atoms with Crippen molar-refractivity contribution < 1.29 is 0 Å². The number of hydrogen-bond acceptors (Lipinski definition) is 8. The standard InChI is InChI=1S/C74H53BN2S6/c1-73(2,3)46-26-28-66-54(36-46)69-71(82-66)75-68-60(76(69)48-32-42(56-38-78-62-22-11-7-16-50(56)62)30-43(33-48)57-39-79-63-23-12-8-17-51(57)63)20-15-21-61(68)77(70-55-37-47(74(4,5)6)27-29-67(55)83-72(70)75)49-34-44(58-40-80-64-24-13-9-18-52(58)64)31-45(35-49)59-41-81-65-25-14-10-19-53(59)65/h7-41H,1-6H3. The van der Waals surface area contributed by atoms with Crippen LogP contribution in [0.25, 0.3) is 105 Å². The summed E-state index contributed by atoms with van der Waals surface area (Å²) in [6, 6.07) is 72.5. The van der Waals surface area contributed by atoms with Gasteiger partial charge in [-0.15, -0.1) is 68.0 Å². The van der Waals surface area contributed by atoms with Gasteiger partial charge in [0.15, 0.2) is 0 Å². The van der Waals surface area contributed by atoms with Crippen molar-refractivity contribution >= 4 is 184 Å². The molecule has 15 aromatic rings. The molecular weight excluding hydrogens is 1120 g/mol. The lowest BCUT2D eigenvalue weighted by Crippen LogP contribution is -2.59. The predicted octanol–water partition coefficient (Wildman–Crippen LogP) is 22.3. The van der Waals surface area contributed by atoms with E-state index < -0.39 is 0 Å². The van der Waals surface area contributed by atoms with Gasteiger partial charge in [0.1, 0.15) is 0 Å². The molecule has 83 heavy (non-hydrogen) atoms. The van der Waals surface area contributed by atoms with Gasteiger partial charge >= 0.3 is 0 Å². The molecule has 6 aromatic heterocycles. The summed E-state index contributed by atoms with van der Waals surface area (Å²) in [4.78, 5) is 5.38. The molecule has 9 heteroatoms. The summed E-state index contributed by atoms with van der Waals surface area (Å²) in [7, 11) is 0. The molecule has 17 rings (SSSR count). The minimum absolute atomic E-state index is 0.0155. The van der Waals surface area contributed by atoms with Crippen LogP contribution in [-0.2, 0) is 10.8 Å². The van der Waals surface area contributed by atoms with Gasteiger partial charge in [-0.2, -0.15) is 0 Å². The predicted molar refractivity (Wildman–Crippen MR) is 372 cm³/mol. The summed E-state index contributed by atoms with van der Waals surface area (Å²) < 4.78 is 10.6. The van der Waals surface area contributed by atoms with Crippen LogP contribution in [0.5, 0.6) is 0 Å². The second-order valence-corrected chi connectivity index (χ2v) is 30.3. The largest absolute Gasteiger partial charge is 0.310 e. The molecule has 0 atom stereocenters. The topological polar surface area (TPSA) is 6.48 Å². The van der Waals surface area contributed by atoms with Crippen molar-refractivity contribution in [1.82, 2.24) is 0 Å². The molecule has 0 aliphatic carbocycles. The molecule has 0 radical (unpaired) electrons. The first-order valence-electron chi connectivity index (χ1n) is 28.4. The number of anilines is 6. The lowest BCUT2D eigenvalue weighted by molar-refractivity contribution is 0.591. The van der Waals surface area contributed by atoms with Gasteiger partial charge in [0, 0.05) is 115 Å². The van der Waals surface area contributed by atoms with Crippen LogP contribution in [0.15, 0.2) is 210 Å². The number of thiophene rings is 6. The zero-order valence-corrected chi connectivity index (χ0v) is 51.5. The molecule has 0 unspecified atom stereocenters. The highest BCUT2D eigenvalue weighted by Gasteiger charge is 2.47. The summed E-state index contributed by atoms with van der Waals surface area (Å²) >= 11 is 11.3. The van der Waals surface area contributed by atoms with Crippen LogP contribution in [-0.4, -0.2) is 6.71 Å². The molecule has 0 bridgehead atoms. The van der Waals surface area contributed by atoms with Crippen molar-refractivity contribution in [3.63, 3.8) is 0 Å². The normalized spacial score (nSPS) is 13.3. The molecule has 0 saturated carbocycles. The Morgan fingerprint density at radius 2 is 0.663 bits per heavy atom. The summed E-state index contributed by atoms with van der Waals surface area (Å²) in [6.07, 6.45) is 0. The van der Waals surface area contributed by atoms with Crippen molar-refractivity contribution in [2.45, 2.75) is 52.4 Å². The second kappa shape index (κ2) is 18.5. The maximum Gasteiger partial charge on any atom is 0.277 e. The van der Waals surface area contributed by atoms with Crippen LogP contribution in [0.4, 0.5) is 34.1 Å². The number of nitrogens with zero attached hydrogens (tertiary/aromatic N) is 2. The van der Waals surface area contributed by atoms with Crippen LogP contribution in [0.2, 0.25) is 0 Å². The van der Waals surface area contributed by atoms with E-state index in [1.807, 2.05) is 68.0 Å². The molecule has 0 N–H and O–H groups in total. The number of fused-ring (bicyclic) bond motifs is 12. The Morgan fingerprint density at radius 1 is 0.325 bits per heavy atom. The van der Waals surface area contributed by atoms with E-state index in [0.29, 0.717) is 0 Å². The van der Waals surface area contributed by atoms with Crippen LogP contribution >= 0.6 is 68.0 Å². The van der Waals surface area contributed by atoms with Crippen molar-refractivity contribution in [3.05, 3.63) is 221 Å². The second-order valence-electron chi connectivity index (χ2n) is 24.5. The highest BCUT2D eigenvalue weighted by molar-refractivity contribution is 7.40. The Morgan fingerprint density at radius 3 is 1.00 bits per heavy atom. The molecule has 0 fully saturated rings. The van der Waals surface area contributed by atoms with E-state index in [2.05, 4.69) is 261 Å². The van der Waals surface area contributed by atoms with Gasteiger partial charge in [-0.1, -0.05) is 133 Å². The third kappa shape index (κ3) is 7.75. The Labute approximate surface area is 507 Å². The highest BCUT2D eigenvalue weighted by atomic mass is 32.1. The van der Waals surface area contributed by atoms with Gasteiger partial charge in [-0.25, -0.2) is 0 Å². The Bertz CT molecular complexity index is 4680. The average Bonchev–Trinajstić information content (AvgIpc) is 1.84. The number of hydrogen-bond donors (Lipinski definition) is 0. The third-order valence-corrected chi connectivity index (χ3v) is 23.7. The van der Waals surface area contributed by atoms with Crippen molar-refractivity contribution in [2.75, 3.05) is 9.80 Å². The van der Waals surface area contributed by atoms with Crippen molar-refractivity contribution in [1.29, 1.82) is 0 Å². The first-order valence-corrected chi connectivity index (χ1v) is 33.6. The van der Waals surface area contributed by atoms with E-state index in [-0.39, 0.29) is 17.5 Å². The quantitative estimate of drug-likeness (QED) is 0.153. The first-order chi connectivity index (χ1) is 40.4. The van der Waals surface area contributed by atoms with Gasteiger partial charge in [0.05, 0.1) is 11.4 Å². The lowest BCUT2D eigenvalue weighted by atomic mass is 9.39. The van der Waals surface area contributed by atoms with Gasteiger partial charge < -0.3 is 9.80 Å². The minimum Gasteiger partial charge on any atom is -0.310 e. The van der Waals surface area contributed by atoms with Crippen molar-refractivity contribution in [3.8, 4) is 44.5 Å². The van der Waals surface area contributed by atoms with Gasteiger partial charge in [0.25, 0.3) is 6.71 Å². The Kier molecular flexibility index (Phi) is 11.1. The monoisotopic (exact) mass is 1170 g/mol. The maximum absolute atomic E-state index is 2.69. The summed E-state index contributed by atoms with van der Waals surface area (Å²) in [5.74, 6) is 0. The molecule has 0 saturated heterocycles. The fraction of sp³-hybridized carbons (Fsp3) is 0.108. The molecule has 0 spiro atoms. The molecule has 2 aliphatic rings. The summed E-state index contributed by atoms with van der Waals surface area (Å²) in [5, 5.41) is 17.3. The van der Waals surface area contributed by atoms with Crippen LogP contribution < -0.4 is 24.8 Å². The first kappa shape index (κ1) is 50.0. The maximum atomic E-state index is 2.69. The van der Waals surface area contributed by atoms with Gasteiger partial charge in [0.2, 0.25) is 0 Å². The Hall–Kier alpha value is -7.60. The fourth-order valence-electron chi connectivity index (χ4n) is 13.3. The zero-order chi connectivity index (χ0) is 55.6. The summed E-state index contributed by atoms with van der Waals surface area (Å²) in [6.45, 7) is 14.1. The average molecular weight is 1170 g/mol. The Balaban J connectivity index is 0.986. The molecule has 398 valence electrons. The highest BCUT2D eigenvalue weighted by Crippen LogP contribution is 2.54. The van der Waals surface area contributed by atoms with Crippen molar-refractivity contribution in [2.24, 2.45) is 0 Å². The molecule has 2 aliphatic heterocycles. The van der Waals surface area contributed by atoms with Crippen LogP contribution in [0.3, 0.4) is 0 Å². The lowest BCUT2D eigenvalue weighted by Gasteiger charge is -2.42. The minimum atomic E-state index is -0.0482. The van der Waals surface area contributed by atoms with E-state index in [4.69, 9.17) is 0 Å². The zero-order valence-electron chi connectivity index (χ0n) is 46.6. The van der Waals surface area contributed by atoms with Gasteiger partial charge in [-0.3, -0.25) is 0 Å². The van der Waals surface area contributed by atoms with Crippen LogP contribution in [0.1, 0.15) is 52.7 Å². The summed E-state index contributed by atoms with van der Waals surface area (Å²) in [5.41, 5.74) is 21.3. The SMILES string of the molecule is CC(C)(C)c1ccc2sc3c(c2c1)N(c1cc(-c2csc4ccccc24)cc(-c2csc4ccccc24)c1)c1cccc2c1B3c1sc3ccc(C(C)(C)C)cc3c1N2c1cc(-c2csc3ccccc23)cc(-c2csc3ccccc23)c1. The smallest absolute Gasteiger partial charge is 0.277 e. The molecule has 9 aromatic carbocycles. The fourth-order valence-corrected chi connectivity index (χ4v) is 19.8. The van der Waals surface area contributed by atoms with Gasteiger partial charge in [-0.05, 0) is 168 Å². The number of benzene rings is 9. The van der Waals surface area contributed by atoms with Crippen LogP contribution in [0, 0.1) is 0 Å².